The van der Waals surface area contributed by atoms with E-state index in [0.29, 0.717) is 24.8 Å². The summed E-state index contributed by atoms with van der Waals surface area (Å²) in [6.45, 7) is 12.0. The summed E-state index contributed by atoms with van der Waals surface area (Å²) in [6, 6.07) is 4.98. The minimum absolute atomic E-state index is 0.00786. The molecule has 116 valence electrons. The van der Waals surface area contributed by atoms with Gasteiger partial charge in [0, 0.05) is 12.6 Å². The van der Waals surface area contributed by atoms with Gasteiger partial charge in [-0.2, -0.15) is 0 Å². The molecule has 5 nitrogen and oxygen atoms in total. The first kappa shape index (κ1) is 17.2. The number of nitrogens with zero attached hydrogens (tertiary/aromatic N) is 1. The van der Waals surface area contributed by atoms with Gasteiger partial charge in [0.05, 0.1) is 4.92 Å². The van der Waals surface area contributed by atoms with Gasteiger partial charge in [-0.05, 0) is 36.1 Å². The van der Waals surface area contributed by atoms with E-state index in [9.17, 15) is 10.1 Å². The molecule has 0 saturated carbocycles. The van der Waals surface area contributed by atoms with Gasteiger partial charge in [-0.15, -0.1) is 0 Å². The van der Waals surface area contributed by atoms with E-state index < -0.39 is 4.92 Å². The molecular weight excluding hydrogens is 268 g/mol. The van der Waals surface area contributed by atoms with E-state index in [1.54, 1.807) is 12.1 Å². The third-order valence-corrected chi connectivity index (χ3v) is 3.03. The zero-order valence-electron chi connectivity index (χ0n) is 13.0. The maximum absolute atomic E-state index is 11.0. The van der Waals surface area contributed by atoms with Crippen LogP contribution >= 0.6 is 0 Å². The quantitative estimate of drug-likeness (QED) is 0.428. The van der Waals surface area contributed by atoms with Crippen LogP contribution in [0.15, 0.2) is 30.4 Å². The number of hydrogen-bond acceptors (Lipinski definition) is 4. The zero-order chi connectivity index (χ0) is 15.8. The lowest BCUT2D eigenvalue weighted by molar-refractivity contribution is -0.385. The fourth-order valence-electron chi connectivity index (χ4n) is 1.72. The Hall–Kier alpha value is -1.88. The lowest BCUT2D eigenvalue weighted by Crippen LogP contribution is -2.19. The fourth-order valence-corrected chi connectivity index (χ4v) is 1.72. The SMILES string of the molecule is C=C(CC)COc1cc(CNCC(C)C)ccc1[N+](=O)[O-]. The number of benzene rings is 1. The molecule has 0 aliphatic rings. The van der Waals surface area contributed by atoms with E-state index in [4.69, 9.17) is 4.74 Å². The van der Waals surface area contributed by atoms with Gasteiger partial charge in [-0.25, -0.2) is 0 Å². The predicted molar refractivity (Wildman–Crippen MR) is 84.6 cm³/mol. The Balaban J connectivity index is 2.79. The Morgan fingerprint density at radius 3 is 2.76 bits per heavy atom. The topological polar surface area (TPSA) is 64.4 Å². The fraction of sp³-hybridized carbons (Fsp3) is 0.500. The monoisotopic (exact) mass is 292 g/mol. The summed E-state index contributed by atoms with van der Waals surface area (Å²) in [4.78, 5) is 10.6. The van der Waals surface area contributed by atoms with E-state index in [1.165, 1.54) is 6.07 Å². The van der Waals surface area contributed by atoms with Gasteiger partial charge in [-0.3, -0.25) is 10.1 Å². The van der Waals surface area contributed by atoms with Crippen molar-refractivity contribution in [2.75, 3.05) is 13.2 Å². The molecule has 0 unspecified atom stereocenters. The summed E-state index contributed by atoms with van der Waals surface area (Å²) in [5.74, 6) is 0.866. The molecule has 0 aliphatic heterocycles. The van der Waals surface area contributed by atoms with Gasteiger partial charge in [0.1, 0.15) is 6.61 Å². The summed E-state index contributed by atoms with van der Waals surface area (Å²) in [7, 11) is 0. The van der Waals surface area contributed by atoms with E-state index in [0.717, 1.165) is 24.1 Å². The van der Waals surface area contributed by atoms with Crippen molar-refractivity contribution in [3.63, 3.8) is 0 Å². The van der Waals surface area contributed by atoms with Crippen LogP contribution in [-0.2, 0) is 6.54 Å². The number of nitrogens with one attached hydrogen (secondary N) is 1. The zero-order valence-corrected chi connectivity index (χ0v) is 13.0. The molecule has 1 aromatic rings. The predicted octanol–water partition coefficient (Wildman–Crippen LogP) is 3.69. The molecule has 21 heavy (non-hydrogen) atoms. The van der Waals surface area contributed by atoms with Crippen molar-refractivity contribution in [3.05, 3.63) is 46.0 Å². The van der Waals surface area contributed by atoms with Crippen molar-refractivity contribution in [3.8, 4) is 5.75 Å². The van der Waals surface area contributed by atoms with E-state index >= 15 is 0 Å². The first-order valence-corrected chi connectivity index (χ1v) is 7.21. The first-order valence-electron chi connectivity index (χ1n) is 7.21. The van der Waals surface area contributed by atoms with Crippen LogP contribution in [0.3, 0.4) is 0 Å². The Labute approximate surface area is 126 Å². The average Bonchev–Trinajstić information content (AvgIpc) is 2.44. The minimum Gasteiger partial charge on any atom is -0.482 e. The minimum atomic E-state index is -0.421. The number of nitro benzene ring substituents is 1. The first-order chi connectivity index (χ1) is 9.93. The van der Waals surface area contributed by atoms with Crippen LogP contribution in [0.2, 0.25) is 0 Å². The largest absolute Gasteiger partial charge is 0.482 e. The van der Waals surface area contributed by atoms with Gasteiger partial charge < -0.3 is 10.1 Å². The van der Waals surface area contributed by atoms with Crippen LogP contribution in [-0.4, -0.2) is 18.1 Å². The standard InChI is InChI=1S/C16H24N2O3/c1-5-13(4)11-21-16-8-14(10-17-9-12(2)3)6-7-15(16)18(19)20/h6-8,12,17H,4-5,9-11H2,1-3H3. The molecule has 0 spiro atoms. The summed E-state index contributed by atoms with van der Waals surface area (Å²) in [6.07, 6.45) is 0.795. The molecule has 1 aromatic carbocycles. The third kappa shape index (κ3) is 5.95. The molecule has 0 fully saturated rings. The molecule has 0 radical (unpaired) electrons. The van der Waals surface area contributed by atoms with Crippen LogP contribution in [0.5, 0.6) is 5.75 Å². The molecule has 0 bridgehead atoms. The molecule has 0 atom stereocenters. The molecule has 0 heterocycles. The number of ether oxygens (including phenoxy) is 1. The normalized spacial score (nSPS) is 10.7. The van der Waals surface area contributed by atoms with Crippen LogP contribution < -0.4 is 10.1 Å². The van der Waals surface area contributed by atoms with E-state index in [1.807, 2.05) is 6.92 Å². The second-order valence-electron chi connectivity index (χ2n) is 5.48. The van der Waals surface area contributed by atoms with Crippen LogP contribution in [0, 0.1) is 16.0 Å². The van der Waals surface area contributed by atoms with Crippen LogP contribution in [0.4, 0.5) is 5.69 Å². The van der Waals surface area contributed by atoms with Gasteiger partial charge in [0.25, 0.3) is 0 Å². The summed E-state index contributed by atoms with van der Waals surface area (Å²) < 4.78 is 5.55. The highest BCUT2D eigenvalue weighted by Crippen LogP contribution is 2.28. The Kier molecular flexibility index (Phi) is 6.88. The van der Waals surface area contributed by atoms with E-state index in [-0.39, 0.29) is 5.69 Å². The highest BCUT2D eigenvalue weighted by atomic mass is 16.6. The van der Waals surface area contributed by atoms with Crippen molar-refractivity contribution in [1.29, 1.82) is 0 Å². The van der Waals surface area contributed by atoms with Gasteiger partial charge in [0.2, 0.25) is 0 Å². The molecule has 0 aliphatic carbocycles. The number of nitro groups is 1. The highest BCUT2D eigenvalue weighted by Gasteiger charge is 2.15. The van der Waals surface area contributed by atoms with Gasteiger partial charge in [-0.1, -0.05) is 33.4 Å². The molecule has 1 rings (SSSR count). The molecule has 0 saturated heterocycles. The van der Waals surface area contributed by atoms with Gasteiger partial charge >= 0.3 is 5.69 Å². The Morgan fingerprint density at radius 1 is 1.48 bits per heavy atom. The van der Waals surface area contributed by atoms with E-state index in [2.05, 4.69) is 25.7 Å². The van der Waals surface area contributed by atoms with Crippen molar-refractivity contribution in [2.45, 2.75) is 33.7 Å². The number of hydrogen-bond donors (Lipinski definition) is 1. The highest BCUT2D eigenvalue weighted by molar-refractivity contribution is 5.48. The molecule has 5 heteroatoms. The maximum Gasteiger partial charge on any atom is 0.310 e. The molecular formula is C16H24N2O3. The Bertz CT molecular complexity index is 498. The van der Waals surface area contributed by atoms with Crippen molar-refractivity contribution < 1.29 is 9.66 Å². The number of rotatable bonds is 9. The lowest BCUT2D eigenvalue weighted by Gasteiger charge is -2.11. The van der Waals surface area contributed by atoms with Crippen molar-refractivity contribution >= 4 is 5.69 Å². The average molecular weight is 292 g/mol. The van der Waals surface area contributed by atoms with Crippen molar-refractivity contribution in [1.82, 2.24) is 5.32 Å². The van der Waals surface area contributed by atoms with Crippen LogP contribution in [0.1, 0.15) is 32.8 Å². The van der Waals surface area contributed by atoms with Crippen LogP contribution in [0.25, 0.3) is 0 Å². The molecule has 0 aromatic heterocycles. The van der Waals surface area contributed by atoms with Crippen molar-refractivity contribution in [2.24, 2.45) is 5.92 Å². The third-order valence-electron chi connectivity index (χ3n) is 3.03. The summed E-state index contributed by atoms with van der Waals surface area (Å²) in [5.41, 5.74) is 1.87. The maximum atomic E-state index is 11.0. The second kappa shape index (κ2) is 8.42. The smallest absolute Gasteiger partial charge is 0.310 e. The Morgan fingerprint density at radius 2 is 2.19 bits per heavy atom. The summed E-state index contributed by atoms with van der Waals surface area (Å²) >= 11 is 0. The molecule has 1 N–H and O–H groups in total. The van der Waals surface area contributed by atoms with Gasteiger partial charge in [0.15, 0.2) is 5.75 Å². The second-order valence-corrected chi connectivity index (χ2v) is 5.48. The summed E-state index contributed by atoms with van der Waals surface area (Å²) in [5, 5.41) is 14.3. The lowest BCUT2D eigenvalue weighted by atomic mass is 10.1. The molecule has 0 amide bonds.